The lowest BCUT2D eigenvalue weighted by atomic mass is 9.95. The summed E-state index contributed by atoms with van der Waals surface area (Å²) in [6.45, 7) is 0. The molecule has 0 bridgehead atoms. The van der Waals surface area contributed by atoms with Gasteiger partial charge in [0.15, 0.2) is 11.1 Å². The zero-order chi connectivity index (χ0) is 17.1. The van der Waals surface area contributed by atoms with Gasteiger partial charge in [-0.05, 0) is 12.8 Å². The van der Waals surface area contributed by atoms with Gasteiger partial charge in [-0.2, -0.15) is 5.10 Å². The van der Waals surface area contributed by atoms with Crippen LogP contribution in [0.3, 0.4) is 0 Å². The van der Waals surface area contributed by atoms with E-state index in [0.717, 1.165) is 31.4 Å². The molecule has 0 aliphatic heterocycles. The van der Waals surface area contributed by atoms with Gasteiger partial charge in [0.2, 0.25) is 0 Å². The lowest BCUT2D eigenvalue weighted by molar-refractivity contribution is -0.136. The van der Waals surface area contributed by atoms with Crippen molar-refractivity contribution in [2.75, 3.05) is 0 Å². The summed E-state index contributed by atoms with van der Waals surface area (Å²) < 4.78 is 1.63. The Morgan fingerprint density at radius 2 is 1.88 bits per heavy atom. The van der Waals surface area contributed by atoms with Crippen LogP contribution in [-0.2, 0) is 4.79 Å². The molecule has 0 atom stereocenters. The molecular weight excluding hydrogens is 310 g/mol. The van der Waals surface area contributed by atoms with E-state index in [1.54, 1.807) is 4.52 Å². The number of hydrogen-bond acceptors (Lipinski definition) is 5. The topological polar surface area (TPSA) is 105 Å². The van der Waals surface area contributed by atoms with E-state index in [-0.39, 0.29) is 35.2 Å². The smallest absolute Gasteiger partial charge is 0.303 e. The second-order valence-corrected chi connectivity index (χ2v) is 6.33. The van der Waals surface area contributed by atoms with Gasteiger partial charge in [-0.1, -0.05) is 25.7 Å². The summed E-state index contributed by atoms with van der Waals surface area (Å²) in [7, 11) is 0. The van der Waals surface area contributed by atoms with Crippen LogP contribution in [0.4, 0.5) is 0 Å². The zero-order valence-corrected chi connectivity index (χ0v) is 13.4. The molecular formula is C17H21N3O4. The number of hydrogen-bond donors (Lipinski definition) is 2. The number of carboxylic acids is 1. The van der Waals surface area contributed by atoms with Crippen LogP contribution in [-0.4, -0.2) is 30.8 Å². The van der Waals surface area contributed by atoms with Crippen LogP contribution >= 0.6 is 0 Å². The van der Waals surface area contributed by atoms with Gasteiger partial charge in [0.25, 0.3) is 0 Å². The highest BCUT2D eigenvalue weighted by Gasteiger charge is 2.20. The van der Waals surface area contributed by atoms with Gasteiger partial charge in [-0.3, -0.25) is 9.59 Å². The molecule has 2 heterocycles. The molecule has 24 heavy (non-hydrogen) atoms. The van der Waals surface area contributed by atoms with Crippen molar-refractivity contribution in [2.45, 2.75) is 57.3 Å². The molecule has 1 saturated carbocycles. The maximum absolute atomic E-state index is 12.6. The Bertz CT molecular complexity index is 851. The van der Waals surface area contributed by atoms with E-state index in [1.165, 1.54) is 25.2 Å². The molecule has 128 valence electrons. The first-order valence-electron chi connectivity index (χ1n) is 8.38. The highest BCUT2D eigenvalue weighted by atomic mass is 16.4. The minimum atomic E-state index is -1.03. The fraction of sp³-hybridized carbons (Fsp3) is 0.529. The summed E-state index contributed by atoms with van der Waals surface area (Å²) in [6.07, 6.45) is 7.74. The van der Waals surface area contributed by atoms with Gasteiger partial charge in [0.05, 0.1) is 12.1 Å². The van der Waals surface area contributed by atoms with Gasteiger partial charge in [-0.25, -0.2) is 9.50 Å². The molecule has 1 fully saturated rings. The van der Waals surface area contributed by atoms with E-state index in [4.69, 9.17) is 5.11 Å². The molecule has 0 radical (unpaired) electrons. The SMILES string of the molecule is O=C(O)CC/C(O)=c1\c(=O)cc(C2CCCCCC2)n2ncnc12. The first-order chi connectivity index (χ1) is 11.6. The van der Waals surface area contributed by atoms with E-state index in [1.807, 2.05) is 0 Å². The van der Waals surface area contributed by atoms with Crippen LogP contribution in [0.2, 0.25) is 0 Å². The van der Waals surface area contributed by atoms with E-state index >= 15 is 0 Å². The monoisotopic (exact) mass is 331 g/mol. The summed E-state index contributed by atoms with van der Waals surface area (Å²) in [5, 5.41) is 23.2. The van der Waals surface area contributed by atoms with Gasteiger partial charge in [0.1, 0.15) is 17.3 Å². The van der Waals surface area contributed by atoms with Gasteiger partial charge >= 0.3 is 5.97 Å². The molecule has 0 unspecified atom stereocenters. The average molecular weight is 331 g/mol. The predicted octanol–water partition coefficient (Wildman–Crippen LogP) is 1.78. The lowest BCUT2D eigenvalue weighted by Crippen LogP contribution is -2.31. The van der Waals surface area contributed by atoms with E-state index in [9.17, 15) is 14.7 Å². The molecule has 0 amide bonds. The van der Waals surface area contributed by atoms with Crippen LogP contribution in [0.5, 0.6) is 0 Å². The summed E-state index contributed by atoms with van der Waals surface area (Å²) in [5.74, 6) is -1.01. The zero-order valence-electron chi connectivity index (χ0n) is 13.4. The van der Waals surface area contributed by atoms with E-state index in [0.29, 0.717) is 5.65 Å². The predicted molar refractivity (Wildman–Crippen MR) is 87.8 cm³/mol. The number of pyridine rings is 1. The summed E-state index contributed by atoms with van der Waals surface area (Å²) >= 11 is 0. The molecule has 7 nitrogen and oxygen atoms in total. The Hall–Kier alpha value is -2.44. The second kappa shape index (κ2) is 6.98. The molecule has 0 aromatic carbocycles. The van der Waals surface area contributed by atoms with Crippen LogP contribution < -0.4 is 10.6 Å². The number of carboxylic acid groups (broad SMARTS) is 1. The Morgan fingerprint density at radius 3 is 2.54 bits per heavy atom. The fourth-order valence-electron chi connectivity index (χ4n) is 3.47. The van der Waals surface area contributed by atoms with Crippen molar-refractivity contribution in [3.8, 4) is 0 Å². The van der Waals surface area contributed by atoms with Crippen molar-refractivity contribution < 1.29 is 15.0 Å². The summed E-state index contributed by atoms with van der Waals surface area (Å²) in [6, 6.07) is 1.53. The first kappa shape index (κ1) is 16.4. The standard InChI is InChI=1S/C17H21N3O4/c21-13(7-8-15(23)24)16-14(22)9-12(20-17(16)18-10-19-20)11-5-3-1-2-4-6-11/h9-11,21H,1-8H2,(H,23,24)/b16-13-. The quantitative estimate of drug-likeness (QED) is 0.827. The molecule has 2 aromatic heterocycles. The lowest BCUT2D eigenvalue weighted by Gasteiger charge is -2.15. The number of aliphatic hydroxyl groups is 1. The summed E-state index contributed by atoms with van der Waals surface area (Å²) in [5.41, 5.74) is 0.825. The Morgan fingerprint density at radius 1 is 1.17 bits per heavy atom. The number of aliphatic carboxylic acids is 1. The van der Waals surface area contributed by atoms with Crippen LogP contribution in [0.15, 0.2) is 17.2 Å². The third-order valence-corrected chi connectivity index (χ3v) is 4.68. The van der Waals surface area contributed by atoms with Crippen molar-refractivity contribution in [3.05, 3.63) is 33.5 Å². The highest BCUT2D eigenvalue weighted by molar-refractivity contribution is 5.68. The third-order valence-electron chi connectivity index (χ3n) is 4.68. The largest absolute Gasteiger partial charge is 0.511 e. The van der Waals surface area contributed by atoms with E-state index < -0.39 is 5.97 Å². The van der Waals surface area contributed by atoms with Crippen LogP contribution in [0.1, 0.15) is 63.0 Å². The number of aliphatic hydroxyl groups excluding tert-OH is 1. The Balaban J connectivity index is 2.11. The number of fused-ring (bicyclic) bond motifs is 1. The van der Waals surface area contributed by atoms with Crippen molar-refractivity contribution >= 4 is 17.4 Å². The minimum absolute atomic E-state index is 0.0612. The molecule has 2 aromatic rings. The maximum atomic E-state index is 12.6. The molecule has 1 aliphatic carbocycles. The molecule has 0 saturated heterocycles. The first-order valence-corrected chi connectivity index (χ1v) is 8.38. The highest BCUT2D eigenvalue weighted by Crippen LogP contribution is 2.30. The molecule has 1 aliphatic rings. The molecule has 0 spiro atoms. The molecule has 7 heteroatoms. The Kier molecular flexibility index (Phi) is 4.78. The van der Waals surface area contributed by atoms with Crippen LogP contribution in [0, 0.1) is 0 Å². The van der Waals surface area contributed by atoms with Gasteiger partial charge in [-0.15, -0.1) is 0 Å². The maximum Gasteiger partial charge on any atom is 0.303 e. The van der Waals surface area contributed by atoms with Gasteiger partial charge in [0, 0.05) is 18.4 Å². The van der Waals surface area contributed by atoms with Crippen LogP contribution in [0.25, 0.3) is 11.4 Å². The fourth-order valence-corrected chi connectivity index (χ4v) is 3.47. The molecule has 3 rings (SSSR count). The second-order valence-electron chi connectivity index (χ2n) is 6.33. The van der Waals surface area contributed by atoms with Crippen molar-refractivity contribution in [1.29, 1.82) is 0 Å². The minimum Gasteiger partial charge on any atom is -0.511 e. The number of carbonyl (C=O) groups is 1. The third kappa shape index (κ3) is 3.25. The summed E-state index contributed by atoms with van der Waals surface area (Å²) in [4.78, 5) is 27.4. The normalized spacial score (nSPS) is 17.7. The van der Waals surface area contributed by atoms with Crippen molar-refractivity contribution in [2.24, 2.45) is 0 Å². The average Bonchev–Trinajstić information content (AvgIpc) is 2.86. The van der Waals surface area contributed by atoms with Crippen molar-refractivity contribution in [1.82, 2.24) is 14.6 Å². The number of nitrogens with zero attached hydrogens (tertiary/aromatic N) is 3. The van der Waals surface area contributed by atoms with E-state index in [2.05, 4.69) is 10.1 Å². The van der Waals surface area contributed by atoms with Gasteiger partial charge < -0.3 is 10.2 Å². The molecule has 2 N–H and O–H groups in total. The number of rotatable bonds is 4. The number of aromatic nitrogens is 3. The Labute approximate surface area is 138 Å². The van der Waals surface area contributed by atoms with Crippen molar-refractivity contribution in [3.63, 3.8) is 0 Å².